The molecule has 86 valence electrons. The lowest BCUT2D eigenvalue weighted by Gasteiger charge is -2.39. The van der Waals surface area contributed by atoms with Gasteiger partial charge in [-0.25, -0.2) is 0 Å². The van der Waals surface area contributed by atoms with Gasteiger partial charge in [-0.15, -0.1) is 0 Å². The van der Waals surface area contributed by atoms with Gasteiger partial charge in [-0.2, -0.15) is 0 Å². The van der Waals surface area contributed by atoms with E-state index in [1.807, 2.05) is 4.90 Å². The number of piperidine rings is 1. The summed E-state index contributed by atoms with van der Waals surface area (Å²) in [6.07, 6.45) is 3.70. The van der Waals surface area contributed by atoms with Gasteiger partial charge in [0.2, 0.25) is 5.91 Å². The maximum atomic E-state index is 11.5. The molecule has 0 radical (unpaired) electrons. The van der Waals surface area contributed by atoms with Gasteiger partial charge in [0.25, 0.3) is 0 Å². The molecule has 0 bridgehead atoms. The third-order valence-electron chi connectivity index (χ3n) is 3.27. The van der Waals surface area contributed by atoms with E-state index in [2.05, 4.69) is 32.4 Å². The van der Waals surface area contributed by atoms with Crippen LogP contribution in [0.15, 0.2) is 12.7 Å². The first kappa shape index (κ1) is 12.2. The van der Waals surface area contributed by atoms with Crippen LogP contribution < -0.4 is 0 Å². The largest absolute Gasteiger partial charge is 0.338 e. The Bertz CT molecular complexity index is 238. The standard InChI is InChI=1S/C12H22N2O/c1-5-12(15)14-8-6-7-11(9-14)13(4)10(2)3/h5,10-11H,1,6-9H2,2-4H3. The highest BCUT2D eigenvalue weighted by Gasteiger charge is 2.25. The maximum Gasteiger partial charge on any atom is 0.246 e. The molecule has 1 aliphatic rings. The number of hydrogen-bond acceptors (Lipinski definition) is 2. The lowest BCUT2D eigenvalue weighted by atomic mass is 10.0. The Hall–Kier alpha value is -0.830. The Morgan fingerprint density at radius 2 is 2.27 bits per heavy atom. The minimum Gasteiger partial charge on any atom is -0.338 e. The number of carbonyl (C=O) groups is 1. The van der Waals surface area contributed by atoms with Crippen molar-refractivity contribution in [2.75, 3.05) is 20.1 Å². The summed E-state index contributed by atoms with van der Waals surface area (Å²) in [5.74, 6) is 0.0665. The van der Waals surface area contributed by atoms with Crippen molar-refractivity contribution in [3.63, 3.8) is 0 Å². The normalized spacial score (nSPS) is 22.2. The molecule has 0 aromatic carbocycles. The monoisotopic (exact) mass is 210 g/mol. The van der Waals surface area contributed by atoms with Crippen molar-refractivity contribution in [2.24, 2.45) is 0 Å². The molecule has 1 fully saturated rings. The van der Waals surface area contributed by atoms with Crippen LogP contribution in [0.25, 0.3) is 0 Å². The van der Waals surface area contributed by atoms with Gasteiger partial charge < -0.3 is 4.90 Å². The van der Waals surface area contributed by atoms with Gasteiger partial charge in [0.05, 0.1) is 0 Å². The van der Waals surface area contributed by atoms with Gasteiger partial charge in [0, 0.05) is 25.2 Å². The topological polar surface area (TPSA) is 23.6 Å². The van der Waals surface area contributed by atoms with Crippen molar-refractivity contribution in [3.8, 4) is 0 Å². The lowest BCUT2D eigenvalue weighted by Crippen LogP contribution is -2.50. The van der Waals surface area contributed by atoms with E-state index in [1.54, 1.807) is 0 Å². The number of rotatable bonds is 3. The van der Waals surface area contributed by atoms with Crippen LogP contribution in [0, 0.1) is 0 Å². The molecule has 0 saturated carbocycles. The van der Waals surface area contributed by atoms with Crippen LogP contribution in [0.3, 0.4) is 0 Å². The summed E-state index contributed by atoms with van der Waals surface area (Å²) in [6.45, 7) is 9.64. The SMILES string of the molecule is C=CC(=O)N1CCCC(N(C)C(C)C)C1. The zero-order valence-electron chi connectivity index (χ0n) is 10.1. The molecule has 1 atom stereocenters. The highest BCUT2D eigenvalue weighted by Crippen LogP contribution is 2.16. The Balaban J connectivity index is 2.55. The van der Waals surface area contributed by atoms with Gasteiger partial charge >= 0.3 is 0 Å². The Kier molecular flexibility index (Phi) is 4.33. The number of likely N-dealkylation sites (N-methyl/N-ethyl adjacent to an activating group) is 1. The average Bonchev–Trinajstić information content (AvgIpc) is 2.27. The van der Waals surface area contributed by atoms with Crippen molar-refractivity contribution in [2.45, 2.75) is 38.8 Å². The zero-order chi connectivity index (χ0) is 11.4. The maximum absolute atomic E-state index is 11.5. The first-order chi connectivity index (χ1) is 7.06. The molecule has 0 spiro atoms. The van der Waals surface area contributed by atoms with Crippen LogP contribution in [-0.4, -0.2) is 47.9 Å². The second-order valence-corrected chi connectivity index (χ2v) is 4.54. The Morgan fingerprint density at radius 1 is 1.60 bits per heavy atom. The quantitative estimate of drug-likeness (QED) is 0.659. The summed E-state index contributed by atoms with van der Waals surface area (Å²) in [6, 6.07) is 1.04. The van der Waals surface area contributed by atoms with Crippen molar-refractivity contribution < 1.29 is 4.79 Å². The summed E-state index contributed by atoms with van der Waals surface area (Å²) in [7, 11) is 2.14. The summed E-state index contributed by atoms with van der Waals surface area (Å²) in [5.41, 5.74) is 0. The average molecular weight is 210 g/mol. The summed E-state index contributed by atoms with van der Waals surface area (Å²) < 4.78 is 0. The van der Waals surface area contributed by atoms with Crippen LogP contribution in [0.4, 0.5) is 0 Å². The van der Waals surface area contributed by atoms with Crippen LogP contribution >= 0.6 is 0 Å². The van der Waals surface area contributed by atoms with Crippen molar-refractivity contribution in [3.05, 3.63) is 12.7 Å². The van der Waals surface area contributed by atoms with Crippen molar-refractivity contribution >= 4 is 5.91 Å². The first-order valence-corrected chi connectivity index (χ1v) is 5.69. The summed E-state index contributed by atoms with van der Waals surface area (Å²) >= 11 is 0. The fraction of sp³-hybridized carbons (Fsp3) is 0.750. The molecule has 1 aliphatic heterocycles. The predicted octanol–water partition coefficient (Wildman–Crippen LogP) is 1.50. The third-order valence-corrected chi connectivity index (χ3v) is 3.27. The number of carbonyl (C=O) groups excluding carboxylic acids is 1. The molecule has 3 nitrogen and oxygen atoms in total. The molecule has 1 amide bonds. The van der Waals surface area contributed by atoms with Gasteiger partial charge in [-0.05, 0) is 39.8 Å². The van der Waals surface area contributed by atoms with Crippen LogP contribution in [0.5, 0.6) is 0 Å². The Morgan fingerprint density at radius 3 is 2.80 bits per heavy atom. The van der Waals surface area contributed by atoms with Crippen LogP contribution in [0.2, 0.25) is 0 Å². The fourth-order valence-electron chi connectivity index (χ4n) is 2.04. The van der Waals surface area contributed by atoms with E-state index in [9.17, 15) is 4.79 Å². The van der Waals surface area contributed by atoms with E-state index in [1.165, 1.54) is 12.5 Å². The molecule has 0 aromatic rings. The highest BCUT2D eigenvalue weighted by atomic mass is 16.2. The molecule has 1 heterocycles. The lowest BCUT2D eigenvalue weighted by molar-refractivity contribution is -0.128. The molecule has 15 heavy (non-hydrogen) atoms. The zero-order valence-corrected chi connectivity index (χ0v) is 10.1. The number of nitrogens with zero attached hydrogens (tertiary/aromatic N) is 2. The molecule has 1 saturated heterocycles. The molecule has 0 aromatic heterocycles. The van der Waals surface area contributed by atoms with Crippen molar-refractivity contribution in [1.29, 1.82) is 0 Å². The molecule has 0 aliphatic carbocycles. The van der Waals surface area contributed by atoms with E-state index in [0.29, 0.717) is 12.1 Å². The second kappa shape index (κ2) is 5.31. The predicted molar refractivity (Wildman–Crippen MR) is 62.7 cm³/mol. The van der Waals surface area contributed by atoms with E-state index < -0.39 is 0 Å². The molecule has 0 N–H and O–H groups in total. The third kappa shape index (κ3) is 3.06. The molecule has 1 rings (SSSR count). The van der Waals surface area contributed by atoms with E-state index in [-0.39, 0.29) is 5.91 Å². The molecular formula is C12H22N2O. The second-order valence-electron chi connectivity index (χ2n) is 4.54. The van der Waals surface area contributed by atoms with Gasteiger partial charge in [0.1, 0.15) is 0 Å². The smallest absolute Gasteiger partial charge is 0.246 e. The van der Waals surface area contributed by atoms with Crippen LogP contribution in [-0.2, 0) is 4.79 Å². The molecule has 1 unspecified atom stereocenters. The fourth-order valence-corrected chi connectivity index (χ4v) is 2.04. The van der Waals surface area contributed by atoms with Crippen molar-refractivity contribution in [1.82, 2.24) is 9.80 Å². The van der Waals surface area contributed by atoms with E-state index >= 15 is 0 Å². The van der Waals surface area contributed by atoms with E-state index in [4.69, 9.17) is 0 Å². The van der Waals surface area contributed by atoms with Gasteiger partial charge in [-0.1, -0.05) is 6.58 Å². The highest BCUT2D eigenvalue weighted by molar-refractivity contribution is 5.87. The molecular weight excluding hydrogens is 188 g/mol. The summed E-state index contributed by atoms with van der Waals surface area (Å²) in [5, 5.41) is 0. The van der Waals surface area contributed by atoms with Gasteiger partial charge in [0.15, 0.2) is 0 Å². The number of amides is 1. The minimum atomic E-state index is 0.0665. The first-order valence-electron chi connectivity index (χ1n) is 5.69. The minimum absolute atomic E-state index is 0.0665. The van der Waals surface area contributed by atoms with Gasteiger partial charge in [-0.3, -0.25) is 9.69 Å². The number of likely N-dealkylation sites (tertiary alicyclic amines) is 1. The Labute approximate surface area is 92.7 Å². The summed E-state index contributed by atoms with van der Waals surface area (Å²) in [4.78, 5) is 15.7. The number of hydrogen-bond donors (Lipinski definition) is 0. The van der Waals surface area contributed by atoms with Crippen LogP contribution in [0.1, 0.15) is 26.7 Å². The van der Waals surface area contributed by atoms with E-state index in [0.717, 1.165) is 19.5 Å². The molecule has 3 heteroatoms.